The Labute approximate surface area is 81.5 Å². The minimum Gasteiger partial charge on any atom is -0.363 e. The number of aliphatic hydroxyl groups excluding tert-OH is 1. The van der Waals surface area contributed by atoms with Gasteiger partial charge < -0.3 is 14.8 Å². The SMILES string of the molecule is CCOC(O)c1cc2ncccc2[nH]1. The van der Waals surface area contributed by atoms with Crippen molar-refractivity contribution in [3.05, 3.63) is 30.1 Å². The topological polar surface area (TPSA) is 58.1 Å². The average Bonchev–Trinajstić information content (AvgIpc) is 2.61. The van der Waals surface area contributed by atoms with Crippen molar-refractivity contribution >= 4 is 11.0 Å². The van der Waals surface area contributed by atoms with Crippen LogP contribution in [0.5, 0.6) is 0 Å². The van der Waals surface area contributed by atoms with Gasteiger partial charge in [-0.15, -0.1) is 0 Å². The van der Waals surface area contributed by atoms with Gasteiger partial charge in [-0.3, -0.25) is 4.98 Å². The predicted octanol–water partition coefficient (Wildman–Crippen LogP) is 1.59. The molecule has 4 nitrogen and oxygen atoms in total. The Morgan fingerprint density at radius 2 is 2.50 bits per heavy atom. The van der Waals surface area contributed by atoms with E-state index in [4.69, 9.17) is 4.74 Å². The van der Waals surface area contributed by atoms with Crippen molar-refractivity contribution in [2.24, 2.45) is 0 Å². The molecule has 0 radical (unpaired) electrons. The van der Waals surface area contributed by atoms with Crippen LogP contribution in [0.3, 0.4) is 0 Å². The molecule has 1 unspecified atom stereocenters. The second-order valence-corrected chi connectivity index (χ2v) is 2.97. The molecule has 2 N–H and O–H groups in total. The van der Waals surface area contributed by atoms with Gasteiger partial charge in [0.1, 0.15) is 0 Å². The number of rotatable bonds is 3. The zero-order valence-electron chi connectivity index (χ0n) is 7.90. The first-order valence-electron chi connectivity index (χ1n) is 4.54. The van der Waals surface area contributed by atoms with E-state index in [0.29, 0.717) is 12.3 Å². The van der Waals surface area contributed by atoms with Gasteiger partial charge in [-0.25, -0.2) is 0 Å². The van der Waals surface area contributed by atoms with E-state index < -0.39 is 6.29 Å². The van der Waals surface area contributed by atoms with Gasteiger partial charge in [0.05, 0.1) is 16.7 Å². The summed E-state index contributed by atoms with van der Waals surface area (Å²) in [4.78, 5) is 7.19. The molecule has 0 amide bonds. The number of hydrogen-bond donors (Lipinski definition) is 2. The number of nitrogens with zero attached hydrogens (tertiary/aromatic N) is 1. The molecule has 0 saturated carbocycles. The summed E-state index contributed by atoms with van der Waals surface area (Å²) in [6.45, 7) is 2.31. The van der Waals surface area contributed by atoms with E-state index in [0.717, 1.165) is 11.0 Å². The average molecular weight is 192 g/mol. The van der Waals surface area contributed by atoms with Crippen molar-refractivity contribution in [2.75, 3.05) is 6.61 Å². The smallest absolute Gasteiger partial charge is 0.196 e. The third-order valence-electron chi connectivity index (χ3n) is 2.00. The van der Waals surface area contributed by atoms with Gasteiger partial charge in [0, 0.05) is 12.8 Å². The van der Waals surface area contributed by atoms with E-state index in [9.17, 15) is 5.11 Å². The molecule has 0 aliphatic carbocycles. The van der Waals surface area contributed by atoms with Gasteiger partial charge in [-0.2, -0.15) is 0 Å². The van der Waals surface area contributed by atoms with Crippen molar-refractivity contribution < 1.29 is 9.84 Å². The second kappa shape index (κ2) is 3.77. The third kappa shape index (κ3) is 1.62. The number of hydrogen-bond acceptors (Lipinski definition) is 3. The maximum absolute atomic E-state index is 9.54. The molecule has 4 heteroatoms. The molecule has 0 spiro atoms. The molecule has 0 aliphatic rings. The Morgan fingerprint density at radius 3 is 3.21 bits per heavy atom. The van der Waals surface area contributed by atoms with Gasteiger partial charge >= 0.3 is 0 Å². The molecule has 0 fully saturated rings. The van der Waals surface area contributed by atoms with Crippen LogP contribution in [0.2, 0.25) is 0 Å². The quantitative estimate of drug-likeness (QED) is 0.726. The zero-order valence-corrected chi connectivity index (χ0v) is 7.90. The van der Waals surface area contributed by atoms with Crippen LogP contribution in [-0.2, 0) is 4.74 Å². The highest BCUT2D eigenvalue weighted by Crippen LogP contribution is 2.18. The summed E-state index contributed by atoms with van der Waals surface area (Å²) in [5.41, 5.74) is 2.38. The molecule has 2 heterocycles. The first-order valence-corrected chi connectivity index (χ1v) is 4.54. The normalized spacial score (nSPS) is 13.3. The summed E-state index contributed by atoms with van der Waals surface area (Å²) < 4.78 is 5.05. The molecule has 2 aromatic heterocycles. The molecule has 0 aromatic carbocycles. The molecule has 74 valence electrons. The molecule has 0 bridgehead atoms. The molecule has 2 aromatic rings. The van der Waals surface area contributed by atoms with E-state index >= 15 is 0 Å². The Balaban J connectivity index is 2.35. The highest BCUT2D eigenvalue weighted by molar-refractivity contribution is 5.75. The minimum absolute atomic E-state index is 0.476. The Bertz CT molecular complexity index is 392. The number of nitrogens with one attached hydrogen (secondary N) is 1. The lowest BCUT2D eigenvalue weighted by atomic mass is 10.3. The fourth-order valence-electron chi connectivity index (χ4n) is 1.36. The molecule has 1 atom stereocenters. The number of ether oxygens (including phenoxy) is 1. The lowest BCUT2D eigenvalue weighted by molar-refractivity contribution is -0.100. The third-order valence-corrected chi connectivity index (χ3v) is 2.00. The second-order valence-electron chi connectivity index (χ2n) is 2.97. The van der Waals surface area contributed by atoms with Crippen molar-refractivity contribution in [3.63, 3.8) is 0 Å². The van der Waals surface area contributed by atoms with E-state index in [-0.39, 0.29) is 0 Å². The highest BCUT2D eigenvalue weighted by atomic mass is 16.6. The van der Waals surface area contributed by atoms with E-state index in [1.54, 1.807) is 12.3 Å². The maximum atomic E-state index is 9.54. The number of aliphatic hydroxyl groups is 1. The minimum atomic E-state index is -0.894. The van der Waals surface area contributed by atoms with Gasteiger partial charge in [0.25, 0.3) is 0 Å². The van der Waals surface area contributed by atoms with Crippen LogP contribution in [-0.4, -0.2) is 21.7 Å². The largest absolute Gasteiger partial charge is 0.363 e. The van der Waals surface area contributed by atoms with Crippen LogP contribution < -0.4 is 0 Å². The highest BCUT2D eigenvalue weighted by Gasteiger charge is 2.10. The maximum Gasteiger partial charge on any atom is 0.196 e. The van der Waals surface area contributed by atoms with E-state index in [2.05, 4.69) is 9.97 Å². The van der Waals surface area contributed by atoms with Crippen LogP contribution in [0.1, 0.15) is 18.9 Å². The van der Waals surface area contributed by atoms with E-state index in [1.807, 2.05) is 19.1 Å². The summed E-state index contributed by atoms with van der Waals surface area (Å²) in [5, 5.41) is 9.54. The summed E-state index contributed by atoms with van der Waals surface area (Å²) in [7, 11) is 0. The van der Waals surface area contributed by atoms with Gasteiger partial charge in [0.2, 0.25) is 0 Å². The van der Waals surface area contributed by atoms with Crippen LogP contribution in [0.15, 0.2) is 24.4 Å². The zero-order chi connectivity index (χ0) is 9.97. The molecule has 0 aliphatic heterocycles. The lowest BCUT2D eigenvalue weighted by Crippen LogP contribution is -2.02. The van der Waals surface area contributed by atoms with Gasteiger partial charge in [-0.1, -0.05) is 0 Å². The van der Waals surface area contributed by atoms with Gasteiger partial charge in [0.15, 0.2) is 6.29 Å². The van der Waals surface area contributed by atoms with Crippen molar-refractivity contribution in [2.45, 2.75) is 13.2 Å². The van der Waals surface area contributed by atoms with Crippen molar-refractivity contribution in [1.29, 1.82) is 0 Å². The fourth-order valence-corrected chi connectivity index (χ4v) is 1.36. The molecular formula is C10H12N2O2. The van der Waals surface area contributed by atoms with Crippen LogP contribution in [0.25, 0.3) is 11.0 Å². The lowest BCUT2D eigenvalue weighted by Gasteiger charge is -2.06. The Morgan fingerprint density at radius 1 is 1.64 bits per heavy atom. The fraction of sp³-hybridized carbons (Fsp3) is 0.300. The van der Waals surface area contributed by atoms with Crippen LogP contribution in [0.4, 0.5) is 0 Å². The van der Waals surface area contributed by atoms with Crippen LogP contribution in [0, 0.1) is 0 Å². The molecule has 2 rings (SSSR count). The standard InChI is InChI=1S/C10H12N2O2/c1-2-14-10(13)9-6-8-7(12-9)4-3-5-11-8/h3-6,10,12-13H,2H2,1H3. The van der Waals surface area contributed by atoms with Gasteiger partial charge in [-0.05, 0) is 25.1 Å². The summed E-state index contributed by atoms with van der Waals surface area (Å²) >= 11 is 0. The van der Waals surface area contributed by atoms with Crippen molar-refractivity contribution in [3.8, 4) is 0 Å². The molecule has 0 saturated heterocycles. The summed E-state index contributed by atoms with van der Waals surface area (Å²) in [5.74, 6) is 0. The number of aromatic amines is 1. The number of pyridine rings is 1. The number of aromatic nitrogens is 2. The molecule has 14 heavy (non-hydrogen) atoms. The monoisotopic (exact) mass is 192 g/mol. The summed E-state index contributed by atoms with van der Waals surface area (Å²) in [6.07, 6.45) is 0.821. The predicted molar refractivity (Wildman–Crippen MR) is 52.7 cm³/mol. The van der Waals surface area contributed by atoms with Crippen molar-refractivity contribution in [1.82, 2.24) is 9.97 Å². The first kappa shape index (κ1) is 9.18. The van der Waals surface area contributed by atoms with E-state index in [1.165, 1.54) is 0 Å². The number of fused-ring (bicyclic) bond motifs is 1. The molecular weight excluding hydrogens is 180 g/mol. The first-order chi connectivity index (χ1) is 6.81. The Hall–Kier alpha value is -1.39. The Kier molecular flexibility index (Phi) is 2.47. The van der Waals surface area contributed by atoms with Crippen LogP contribution >= 0.6 is 0 Å². The summed E-state index contributed by atoms with van der Waals surface area (Å²) in [6, 6.07) is 5.54. The number of H-pyrrole nitrogens is 1.